The number of ether oxygens (including phenoxy) is 2. The molecule has 0 radical (unpaired) electrons. The summed E-state index contributed by atoms with van der Waals surface area (Å²) in [5.74, 6) is 0.404. The molecular formula is C12H12FNO2. The largest absolute Gasteiger partial charge is 0.494 e. The molecule has 16 heavy (non-hydrogen) atoms. The molecule has 4 heteroatoms. The Morgan fingerprint density at radius 2 is 1.94 bits per heavy atom. The fraction of sp³-hybridized carbons (Fsp3) is 0.167. The maximum atomic E-state index is 13.9. The fourth-order valence-corrected chi connectivity index (χ4v) is 1.65. The molecule has 0 heterocycles. The summed E-state index contributed by atoms with van der Waals surface area (Å²) in [6.07, 6.45) is 0. The van der Waals surface area contributed by atoms with Crippen molar-refractivity contribution in [2.75, 3.05) is 13.8 Å². The molecule has 0 aliphatic rings. The number of fused-ring (bicyclic) bond motifs is 1. The Bertz CT molecular complexity index is 514. The SMILES string of the molecule is COc1ccc2c(OCN)cccc2c1F. The molecule has 0 unspecified atom stereocenters. The van der Waals surface area contributed by atoms with Crippen LogP contribution >= 0.6 is 0 Å². The Balaban J connectivity index is 2.67. The van der Waals surface area contributed by atoms with E-state index in [4.69, 9.17) is 15.2 Å². The summed E-state index contributed by atoms with van der Waals surface area (Å²) in [7, 11) is 1.44. The molecule has 0 spiro atoms. The van der Waals surface area contributed by atoms with E-state index in [0.717, 1.165) is 0 Å². The smallest absolute Gasteiger partial charge is 0.172 e. The normalized spacial score (nSPS) is 10.4. The predicted octanol–water partition coefficient (Wildman–Crippen LogP) is 2.28. The van der Waals surface area contributed by atoms with E-state index in [-0.39, 0.29) is 18.3 Å². The number of hydrogen-bond acceptors (Lipinski definition) is 3. The van der Waals surface area contributed by atoms with Crippen molar-refractivity contribution in [3.63, 3.8) is 0 Å². The number of rotatable bonds is 3. The average molecular weight is 221 g/mol. The van der Waals surface area contributed by atoms with Gasteiger partial charge in [0.15, 0.2) is 11.6 Å². The minimum absolute atomic E-state index is 0.0623. The molecule has 0 amide bonds. The van der Waals surface area contributed by atoms with Crippen LogP contribution in [0.4, 0.5) is 4.39 Å². The highest BCUT2D eigenvalue weighted by molar-refractivity contribution is 5.90. The molecule has 2 aromatic carbocycles. The molecule has 84 valence electrons. The first kappa shape index (κ1) is 10.7. The summed E-state index contributed by atoms with van der Waals surface area (Å²) in [6.45, 7) is 0.0623. The second kappa shape index (κ2) is 4.37. The lowest BCUT2D eigenvalue weighted by atomic mass is 10.1. The summed E-state index contributed by atoms with van der Waals surface area (Å²) in [5.41, 5.74) is 5.31. The maximum absolute atomic E-state index is 13.9. The van der Waals surface area contributed by atoms with E-state index in [1.165, 1.54) is 7.11 Å². The fourth-order valence-electron chi connectivity index (χ4n) is 1.65. The quantitative estimate of drug-likeness (QED) is 0.809. The van der Waals surface area contributed by atoms with Gasteiger partial charge in [0.05, 0.1) is 7.11 Å². The Morgan fingerprint density at radius 1 is 1.12 bits per heavy atom. The zero-order chi connectivity index (χ0) is 11.5. The van der Waals surface area contributed by atoms with Crippen LogP contribution in [0.2, 0.25) is 0 Å². The van der Waals surface area contributed by atoms with Crippen LogP contribution in [0.3, 0.4) is 0 Å². The Hall–Kier alpha value is -1.81. The second-order valence-corrected chi connectivity index (χ2v) is 3.24. The van der Waals surface area contributed by atoms with Crippen LogP contribution in [0.15, 0.2) is 30.3 Å². The van der Waals surface area contributed by atoms with Gasteiger partial charge in [0.25, 0.3) is 0 Å². The molecule has 2 N–H and O–H groups in total. The number of hydrogen-bond donors (Lipinski definition) is 1. The van der Waals surface area contributed by atoms with E-state index >= 15 is 0 Å². The van der Waals surface area contributed by atoms with Crippen molar-refractivity contribution >= 4 is 10.8 Å². The van der Waals surface area contributed by atoms with Gasteiger partial charge >= 0.3 is 0 Å². The van der Waals surface area contributed by atoms with Crippen molar-refractivity contribution in [1.29, 1.82) is 0 Å². The molecule has 0 aromatic heterocycles. The maximum Gasteiger partial charge on any atom is 0.172 e. The van der Waals surface area contributed by atoms with Crippen molar-refractivity contribution < 1.29 is 13.9 Å². The summed E-state index contributed by atoms with van der Waals surface area (Å²) in [5, 5.41) is 1.15. The first-order valence-electron chi connectivity index (χ1n) is 4.86. The molecule has 3 nitrogen and oxygen atoms in total. The predicted molar refractivity (Wildman–Crippen MR) is 60.1 cm³/mol. The first-order valence-corrected chi connectivity index (χ1v) is 4.86. The van der Waals surface area contributed by atoms with Crippen LogP contribution in [0.1, 0.15) is 0 Å². The monoisotopic (exact) mass is 221 g/mol. The summed E-state index contributed by atoms with van der Waals surface area (Å²) >= 11 is 0. The van der Waals surface area contributed by atoms with Crippen molar-refractivity contribution in [3.8, 4) is 11.5 Å². The minimum Gasteiger partial charge on any atom is -0.494 e. The Labute approximate surface area is 92.6 Å². The zero-order valence-electron chi connectivity index (χ0n) is 8.87. The van der Waals surface area contributed by atoms with Crippen molar-refractivity contribution in [2.24, 2.45) is 5.73 Å². The average Bonchev–Trinajstić information content (AvgIpc) is 2.31. The van der Waals surface area contributed by atoms with Gasteiger partial charge in [-0.25, -0.2) is 4.39 Å². The van der Waals surface area contributed by atoms with E-state index in [1.54, 1.807) is 30.3 Å². The van der Waals surface area contributed by atoms with Gasteiger partial charge in [-0.1, -0.05) is 12.1 Å². The van der Waals surface area contributed by atoms with Crippen LogP contribution in [0, 0.1) is 5.82 Å². The molecule has 0 saturated heterocycles. The highest BCUT2D eigenvalue weighted by Gasteiger charge is 2.10. The first-order chi connectivity index (χ1) is 7.77. The van der Waals surface area contributed by atoms with Crippen LogP contribution in [0.25, 0.3) is 10.8 Å². The van der Waals surface area contributed by atoms with Crippen LogP contribution in [0.5, 0.6) is 11.5 Å². The Kier molecular flexibility index (Phi) is 2.92. The third-order valence-electron chi connectivity index (χ3n) is 2.38. The van der Waals surface area contributed by atoms with Crippen LogP contribution in [-0.4, -0.2) is 13.8 Å². The number of methoxy groups -OCH3 is 1. The van der Waals surface area contributed by atoms with E-state index < -0.39 is 0 Å². The molecule has 0 aliphatic carbocycles. The third kappa shape index (κ3) is 1.67. The van der Waals surface area contributed by atoms with Crippen LogP contribution < -0.4 is 15.2 Å². The standard InChI is InChI=1S/C12H12FNO2/c1-15-11-6-5-8-9(12(11)13)3-2-4-10(8)16-7-14/h2-6H,7,14H2,1H3. The topological polar surface area (TPSA) is 44.5 Å². The molecular weight excluding hydrogens is 209 g/mol. The van der Waals surface area contributed by atoms with E-state index in [9.17, 15) is 4.39 Å². The van der Waals surface area contributed by atoms with Gasteiger partial charge < -0.3 is 9.47 Å². The summed E-state index contributed by atoms with van der Waals surface area (Å²) < 4.78 is 24.0. The van der Waals surface area contributed by atoms with Crippen LogP contribution in [-0.2, 0) is 0 Å². The lowest BCUT2D eigenvalue weighted by molar-refractivity contribution is 0.333. The molecule has 0 atom stereocenters. The second-order valence-electron chi connectivity index (χ2n) is 3.24. The molecule has 0 fully saturated rings. The van der Waals surface area contributed by atoms with E-state index in [2.05, 4.69) is 0 Å². The van der Waals surface area contributed by atoms with Gasteiger partial charge in [0, 0.05) is 10.8 Å². The van der Waals surface area contributed by atoms with Gasteiger partial charge in [0.1, 0.15) is 12.5 Å². The number of halogens is 1. The lowest BCUT2D eigenvalue weighted by Crippen LogP contribution is -2.07. The molecule has 2 aromatic rings. The van der Waals surface area contributed by atoms with Gasteiger partial charge in [-0.3, -0.25) is 5.73 Å². The van der Waals surface area contributed by atoms with E-state index in [1.807, 2.05) is 0 Å². The van der Waals surface area contributed by atoms with Crippen molar-refractivity contribution in [3.05, 3.63) is 36.1 Å². The highest BCUT2D eigenvalue weighted by atomic mass is 19.1. The van der Waals surface area contributed by atoms with Gasteiger partial charge in [-0.15, -0.1) is 0 Å². The van der Waals surface area contributed by atoms with Gasteiger partial charge in [-0.2, -0.15) is 0 Å². The molecule has 0 saturated carbocycles. The third-order valence-corrected chi connectivity index (χ3v) is 2.38. The molecule has 2 rings (SSSR count). The molecule has 0 aliphatic heterocycles. The highest BCUT2D eigenvalue weighted by Crippen LogP contribution is 2.31. The Morgan fingerprint density at radius 3 is 2.62 bits per heavy atom. The lowest BCUT2D eigenvalue weighted by Gasteiger charge is -2.09. The van der Waals surface area contributed by atoms with E-state index in [0.29, 0.717) is 16.5 Å². The number of nitrogens with two attached hydrogens (primary N) is 1. The van der Waals surface area contributed by atoms with Crippen molar-refractivity contribution in [1.82, 2.24) is 0 Å². The van der Waals surface area contributed by atoms with Crippen molar-refractivity contribution in [2.45, 2.75) is 0 Å². The number of benzene rings is 2. The molecule has 0 bridgehead atoms. The van der Waals surface area contributed by atoms with Gasteiger partial charge in [-0.05, 0) is 18.2 Å². The summed E-state index contributed by atoms with van der Waals surface area (Å²) in [6, 6.07) is 8.47. The zero-order valence-corrected chi connectivity index (χ0v) is 8.87. The summed E-state index contributed by atoms with van der Waals surface area (Å²) in [4.78, 5) is 0. The van der Waals surface area contributed by atoms with Gasteiger partial charge in [0.2, 0.25) is 0 Å². The minimum atomic E-state index is -0.387.